The summed E-state index contributed by atoms with van der Waals surface area (Å²) in [7, 11) is 0. The summed E-state index contributed by atoms with van der Waals surface area (Å²) in [6.07, 6.45) is 6.50. The summed E-state index contributed by atoms with van der Waals surface area (Å²) in [6, 6.07) is 0. The minimum absolute atomic E-state index is 0.209. The molecule has 0 aromatic heterocycles. The molecule has 2 N–H and O–H groups in total. The summed E-state index contributed by atoms with van der Waals surface area (Å²) in [6.45, 7) is 12.1. The number of rotatable bonds is 9. The zero-order valence-corrected chi connectivity index (χ0v) is 11.2. The van der Waals surface area contributed by atoms with E-state index in [0.717, 1.165) is 19.5 Å². The molecule has 0 aliphatic rings. The highest BCUT2D eigenvalue weighted by Crippen LogP contribution is 2.18. The summed E-state index contributed by atoms with van der Waals surface area (Å²) in [5.74, 6) is 0. The molecule has 0 saturated carbocycles. The fourth-order valence-corrected chi connectivity index (χ4v) is 2.04. The van der Waals surface area contributed by atoms with Crippen molar-refractivity contribution >= 4 is 0 Å². The van der Waals surface area contributed by atoms with Gasteiger partial charge in [-0.1, -0.05) is 40.0 Å². The first-order valence-electron chi connectivity index (χ1n) is 6.59. The van der Waals surface area contributed by atoms with Crippen LogP contribution in [0.15, 0.2) is 0 Å². The van der Waals surface area contributed by atoms with Gasteiger partial charge in [0.05, 0.1) is 0 Å². The minimum atomic E-state index is 0.209. The first-order chi connectivity index (χ1) is 7.14. The number of unbranched alkanes of at least 4 members (excludes halogenated alkanes) is 3. The molecule has 0 aromatic rings. The van der Waals surface area contributed by atoms with Crippen LogP contribution in [0.2, 0.25) is 0 Å². The second-order valence-corrected chi connectivity index (χ2v) is 4.69. The predicted octanol–water partition coefficient (Wildman–Crippen LogP) is 3.02. The van der Waals surface area contributed by atoms with E-state index >= 15 is 0 Å². The van der Waals surface area contributed by atoms with E-state index in [1.165, 1.54) is 32.2 Å². The van der Waals surface area contributed by atoms with E-state index in [9.17, 15) is 0 Å². The Labute approximate surface area is 96.2 Å². The first kappa shape index (κ1) is 14.9. The molecule has 0 amide bonds. The van der Waals surface area contributed by atoms with Crippen molar-refractivity contribution in [2.75, 3.05) is 19.6 Å². The molecule has 0 heterocycles. The third kappa shape index (κ3) is 4.98. The number of nitrogens with two attached hydrogens (primary N) is 1. The van der Waals surface area contributed by atoms with Crippen LogP contribution in [0.4, 0.5) is 0 Å². The van der Waals surface area contributed by atoms with E-state index in [-0.39, 0.29) is 5.54 Å². The number of hydrogen-bond acceptors (Lipinski definition) is 2. The fraction of sp³-hybridized carbons (Fsp3) is 1.00. The van der Waals surface area contributed by atoms with E-state index < -0.39 is 0 Å². The highest BCUT2D eigenvalue weighted by molar-refractivity contribution is 4.85. The monoisotopic (exact) mass is 214 g/mol. The molecule has 0 spiro atoms. The number of nitrogens with zero attached hydrogens (tertiary/aromatic N) is 1. The highest BCUT2D eigenvalue weighted by Gasteiger charge is 2.26. The lowest BCUT2D eigenvalue weighted by Crippen LogP contribution is -2.51. The van der Waals surface area contributed by atoms with Gasteiger partial charge in [-0.05, 0) is 32.9 Å². The maximum atomic E-state index is 5.88. The van der Waals surface area contributed by atoms with Gasteiger partial charge in [-0.15, -0.1) is 0 Å². The Bertz CT molecular complexity index is 141. The molecule has 0 saturated heterocycles. The first-order valence-corrected chi connectivity index (χ1v) is 6.59. The maximum Gasteiger partial charge on any atom is 0.0300 e. The van der Waals surface area contributed by atoms with Gasteiger partial charge < -0.3 is 5.73 Å². The van der Waals surface area contributed by atoms with Crippen LogP contribution >= 0.6 is 0 Å². The van der Waals surface area contributed by atoms with Crippen molar-refractivity contribution in [1.29, 1.82) is 0 Å². The Morgan fingerprint density at radius 2 is 1.73 bits per heavy atom. The molecule has 1 atom stereocenters. The summed E-state index contributed by atoms with van der Waals surface area (Å²) in [5.41, 5.74) is 6.09. The zero-order valence-electron chi connectivity index (χ0n) is 11.2. The van der Waals surface area contributed by atoms with E-state index in [4.69, 9.17) is 5.73 Å². The normalized spacial score (nSPS) is 15.6. The Kier molecular flexibility index (Phi) is 8.07. The van der Waals surface area contributed by atoms with Gasteiger partial charge in [0.15, 0.2) is 0 Å². The van der Waals surface area contributed by atoms with E-state index in [1.807, 2.05) is 0 Å². The molecular formula is C13H30N2. The second kappa shape index (κ2) is 8.12. The predicted molar refractivity (Wildman–Crippen MR) is 69.1 cm³/mol. The Morgan fingerprint density at radius 1 is 1.07 bits per heavy atom. The van der Waals surface area contributed by atoms with Crippen LogP contribution in [0.3, 0.4) is 0 Å². The zero-order chi connectivity index (χ0) is 11.7. The van der Waals surface area contributed by atoms with E-state index in [2.05, 4.69) is 32.6 Å². The van der Waals surface area contributed by atoms with Crippen molar-refractivity contribution in [3.63, 3.8) is 0 Å². The summed E-state index contributed by atoms with van der Waals surface area (Å²) < 4.78 is 0. The molecule has 15 heavy (non-hydrogen) atoms. The molecule has 0 bridgehead atoms. The molecule has 0 aliphatic heterocycles. The van der Waals surface area contributed by atoms with Gasteiger partial charge in [0.25, 0.3) is 0 Å². The van der Waals surface area contributed by atoms with E-state index in [1.54, 1.807) is 0 Å². The highest BCUT2D eigenvalue weighted by atomic mass is 15.2. The average molecular weight is 214 g/mol. The van der Waals surface area contributed by atoms with E-state index in [0.29, 0.717) is 0 Å². The lowest BCUT2D eigenvalue weighted by atomic mass is 9.96. The number of likely N-dealkylation sites (N-methyl/N-ethyl adjacent to an activating group) is 1. The molecule has 0 radical (unpaired) electrons. The lowest BCUT2D eigenvalue weighted by molar-refractivity contribution is 0.110. The van der Waals surface area contributed by atoms with Gasteiger partial charge in [0, 0.05) is 12.1 Å². The summed E-state index contributed by atoms with van der Waals surface area (Å²) in [4.78, 5) is 2.54. The van der Waals surface area contributed by atoms with Crippen LogP contribution in [-0.2, 0) is 0 Å². The van der Waals surface area contributed by atoms with Crippen LogP contribution in [-0.4, -0.2) is 30.1 Å². The molecular weight excluding hydrogens is 184 g/mol. The van der Waals surface area contributed by atoms with Crippen LogP contribution in [0, 0.1) is 0 Å². The van der Waals surface area contributed by atoms with Crippen molar-refractivity contribution in [3.8, 4) is 0 Å². The van der Waals surface area contributed by atoms with Crippen molar-refractivity contribution < 1.29 is 0 Å². The summed E-state index contributed by atoms with van der Waals surface area (Å²) >= 11 is 0. The lowest BCUT2D eigenvalue weighted by Gasteiger charge is -2.39. The van der Waals surface area contributed by atoms with Crippen molar-refractivity contribution in [2.45, 2.75) is 65.3 Å². The molecule has 2 nitrogen and oxygen atoms in total. The SMILES string of the molecule is CCCCCCN(CC)C(C)(CC)CN. The van der Waals surface area contributed by atoms with Gasteiger partial charge in [0.2, 0.25) is 0 Å². The largest absolute Gasteiger partial charge is 0.329 e. The Balaban J connectivity index is 3.99. The molecule has 2 heteroatoms. The van der Waals surface area contributed by atoms with Gasteiger partial charge in [-0.3, -0.25) is 4.90 Å². The third-order valence-corrected chi connectivity index (χ3v) is 3.63. The Morgan fingerprint density at radius 3 is 2.13 bits per heavy atom. The third-order valence-electron chi connectivity index (χ3n) is 3.63. The maximum absolute atomic E-state index is 5.88. The molecule has 0 aliphatic carbocycles. The summed E-state index contributed by atoms with van der Waals surface area (Å²) in [5, 5.41) is 0. The average Bonchev–Trinajstić information content (AvgIpc) is 2.28. The molecule has 1 unspecified atom stereocenters. The van der Waals surface area contributed by atoms with Crippen LogP contribution in [0.1, 0.15) is 59.8 Å². The smallest absolute Gasteiger partial charge is 0.0300 e. The molecule has 0 aromatic carbocycles. The minimum Gasteiger partial charge on any atom is -0.329 e. The topological polar surface area (TPSA) is 29.3 Å². The van der Waals surface area contributed by atoms with Crippen LogP contribution < -0.4 is 5.73 Å². The van der Waals surface area contributed by atoms with Crippen LogP contribution in [0.5, 0.6) is 0 Å². The molecule has 92 valence electrons. The molecule has 0 rings (SSSR count). The van der Waals surface area contributed by atoms with Crippen molar-refractivity contribution in [2.24, 2.45) is 5.73 Å². The fourth-order valence-electron chi connectivity index (χ4n) is 2.04. The Hall–Kier alpha value is -0.0800. The second-order valence-electron chi connectivity index (χ2n) is 4.69. The van der Waals surface area contributed by atoms with Crippen LogP contribution in [0.25, 0.3) is 0 Å². The quantitative estimate of drug-likeness (QED) is 0.598. The van der Waals surface area contributed by atoms with Gasteiger partial charge in [-0.25, -0.2) is 0 Å². The van der Waals surface area contributed by atoms with Crippen molar-refractivity contribution in [3.05, 3.63) is 0 Å². The van der Waals surface area contributed by atoms with Crippen molar-refractivity contribution in [1.82, 2.24) is 4.90 Å². The molecule has 0 fully saturated rings. The van der Waals surface area contributed by atoms with Gasteiger partial charge in [-0.2, -0.15) is 0 Å². The number of hydrogen-bond donors (Lipinski definition) is 1. The van der Waals surface area contributed by atoms with Gasteiger partial charge >= 0.3 is 0 Å². The standard InChI is InChI=1S/C13H30N2/c1-5-8-9-10-11-15(7-3)13(4,6-2)12-14/h5-12,14H2,1-4H3. The van der Waals surface area contributed by atoms with Gasteiger partial charge in [0.1, 0.15) is 0 Å².